The van der Waals surface area contributed by atoms with Gasteiger partial charge in [-0.15, -0.1) is 4.33 Å². The van der Waals surface area contributed by atoms with Crippen LogP contribution in [0.15, 0.2) is 72.9 Å². The Hall–Kier alpha value is -7.17. The summed E-state index contributed by atoms with van der Waals surface area (Å²) in [4.78, 5) is 121. The zero-order valence-electron chi connectivity index (χ0n) is 52.6. The van der Waals surface area contributed by atoms with Gasteiger partial charge in [-0.3, -0.25) is 43.4 Å². The van der Waals surface area contributed by atoms with Gasteiger partial charge in [0.05, 0.1) is 55.4 Å². The van der Waals surface area contributed by atoms with Crippen LogP contribution in [0.25, 0.3) is 26.8 Å². The summed E-state index contributed by atoms with van der Waals surface area (Å²) in [6, 6.07) is 4.15. The number of methoxy groups -OCH3 is 1. The topological polar surface area (TPSA) is 490 Å². The maximum absolute atomic E-state index is 14.7. The molecule has 0 bridgehead atoms. The van der Waals surface area contributed by atoms with Crippen LogP contribution in [-0.4, -0.2) is 225 Å². The molecule has 516 valence electrons. The van der Waals surface area contributed by atoms with E-state index in [0.29, 0.717) is 27.8 Å². The second kappa shape index (κ2) is 35.4. The smallest absolute Gasteiger partial charge is 0.691 e. The number of primary amides is 1. The summed E-state index contributed by atoms with van der Waals surface area (Å²) in [5, 5.41) is 121. The monoisotopic (exact) mass is 1390 g/mol. The minimum atomic E-state index is -2.54. The summed E-state index contributed by atoms with van der Waals surface area (Å²) in [6.45, 7) is 2.03. The molecule has 8 amide bonds. The van der Waals surface area contributed by atoms with E-state index in [1.54, 1.807) is 30.0 Å². The fourth-order valence-corrected chi connectivity index (χ4v) is 12.3. The van der Waals surface area contributed by atoms with Crippen LogP contribution in [0, 0.1) is 5.92 Å². The number of hydrogen-bond acceptors (Lipinski definition) is 26. The van der Waals surface area contributed by atoms with E-state index >= 15 is 0 Å². The van der Waals surface area contributed by atoms with Crippen LogP contribution >= 0.6 is 23.7 Å². The number of β-amino-alcohol motifs (C(OH)–C–C–N with tert-alkyl or cyclic N) is 1. The number of amides is 8. The molecular weight excluding hydrogens is 1310 g/mol. The number of nitrogens with two attached hydrogens (primary N) is 1. The quantitative estimate of drug-likeness (QED) is 0.00900. The number of aromatic hydroxyl groups is 1. The van der Waals surface area contributed by atoms with Crippen molar-refractivity contribution in [1.82, 2.24) is 51.0 Å². The number of carbonyl (C=O) groups excluding carboxylic acids is 8. The van der Waals surface area contributed by atoms with Gasteiger partial charge < -0.3 is 102 Å². The number of phenolic OH excluding ortho intramolecular Hbond substituents is 1. The molecule has 3 fully saturated rings. The summed E-state index contributed by atoms with van der Waals surface area (Å²) in [7, 11) is 1.70. The number of aliphatic hydroxyl groups is 7. The van der Waals surface area contributed by atoms with Crippen LogP contribution in [0.5, 0.6) is 17.2 Å². The Bertz CT molecular complexity index is 3470. The van der Waals surface area contributed by atoms with Crippen LogP contribution in [0.4, 0.5) is 0 Å². The molecule has 5 heterocycles. The van der Waals surface area contributed by atoms with Crippen LogP contribution in [0.1, 0.15) is 87.2 Å². The fraction of sp³-hybridized carbons (Fsp3) is 0.500. The first kappa shape index (κ1) is 76.2. The number of fused-ring (bicyclic) bond motifs is 3. The number of phenols is 1. The Morgan fingerprint density at radius 1 is 0.802 bits per heavy atom. The number of ether oxygens (including phenoxy) is 2. The van der Waals surface area contributed by atoms with Gasteiger partial charge in [0, 0.05) is 68.8 Å². The number of hydrogen-bond donors (Lipinski definition) is 14. The largest absolute Gasteiger partial charge is 1.00 e. The third-order valence-electron chi connectivity index (χ3n) is 16.3. The van der Waals surface area contributed by atoms with Crippen molar-refractivity contribution >= 4 is 75.9 Å². The minimum Gasteiger partial charge on any atom is -0.691 e. The molecular formula is C60H76N11NaO22S2. The zero-order valence-corrected chi connectivity index (χ0v) is 56.3. The van der Waals surface area contributed by atoms with Crippen LogP contribution in [0.2, 0.25) is 0 Å². The van der Waals surface area contributed by atoms with Crippen molar-refractivity contribution in [2.45, 2.75) is 144 Å². The summed E-state index contributed by atoms with van der Waals surface area (Å²) in [5.74, 6) is -11.3. The molecule has 8 rings (SSSR count). The van der Waals surface area contributed by atoms with E-state index in [9.17, 15) is 84.5 Å². The molecule has 14 atom stereocenters. The molecule has 3 aliphatic rings. The molecule has 0 radical (unpaired) electrons. The summed E-state index contributed by atoms with van der Waals surface area (Å²) >= 11 is 1.26. The molecule has 3 saturated heterocycles. The van der Waals surface area contributed by atoms with Gasteiger partial charge in [0.1, 0.15) is 59.2 Å². The van der Waals surface area contributed by atoms with Gasteiger partial charge in [-0.25, -0.2) is 9.50 Å². The predicted octanol–water partition coefficient (Wildman–Crippen LogP) is -5.71. The Morgan fingerprint density at radius 2 is 1.46 bits per heavy atom. The number of nitrogens with zero attached hydrogens (tertiary/aromatic N) is 5. The van der Waals surface area contributed by atoms with Crippen LogP contribution in [-0.2, 0) is 47.7 Å². The van der Waals surface area contributed by atoms with Crippen molar-refractivity contribution in [2.75, 3.05) is 40.0 Å². The molecule has 33 nitrogen and oxygen atoms in total. The summed E-state index contributed by atoms with van der Waals surface area (Å²) in [5.41, 5.74) is 6.93. The van der Waals surface area contributed by atoms with E-state index in [-0.39, 0.29) is 53.0 Å². The van der Waals surface area contributed by atoms with Gasteiger partial charge in [-0.2, -0.15) is 5.10 Å². The normalized spacial score (nSPS) is 24.4. The Morgan fingerprint density at radius 3 is 2.12 bits per heavy atom. The number of rotatable bonds is 24. The zero-order chi connectivity index (χ0) is 68.8. The molecule has 5 aromatic rings. The van der Waals surface area contributed by atoms with Gasteiger partial charge in [0.15, 0.2) is 11.5 Å². The standard InChI is InChI=1S/C60H77N11O22S2.Na/c1-29-26-70-48(49(29)78)56(85)62-25-35(73)22-38(63-52(81)32-11-9-31(10-12-32)39-28-71-60(64-39)94-57(68-71)33-13-16-37(17-14-33)90-20-8-6-4-5-7-19-89-3)53(82)65-45(30(2)72)58(86)69-27-36(74)23-40(69)54(83)67-47(55(84)66-46(59(70)87)42(76)24-44(61)77)51(80)50(79)34-15-18-41(75)43(21-34)91-95-93-92-88;/h9-18,21,28-30,35-36,38,40,42,45-51,72-76,78-80,88H,4-8,19-20,22-27H2,1-3H3,(H2,61,77)(H,62,85)(H,63,81)(H,65,82)(H,66,84)(H,67,83);/q;+1/p-1. The minimum absolute atomic E-state index is 0. The molecule has 36 heteroatoms. The number of aliphatic hydroxyl groups excluding tert-OH is 7. The molecule has 3 aromatic carbocycles. The Labute approximate surface area is 579 Å². The van der Waals surface area contributed by atoms with E-state index in [0.717, 1.165) is 84.9 Å². The summed E-state index contributed by atoms with van der Waals surface area (Å²) in [6.07, 6.45) is -9.25. The number of imidazole rings is 1. The molecule has 3 aliphatic heterocycles. The first-order valence-corrected chi connectivity index (χ1v) is 31.8. The maximum Gasteiger partial charge on any atom is 1.00 e. The number of carbonyl (C=O) groups is 8. The molecule has 14 unspecified atom stereocenters. The Kier molecular flexibility index (Phi) is 28.1. The third kappa shape index (κ3) is 19.3. The number of nitrogens with one attached hydrogen (secondary N) is 5. The van der Waals surface area contributed by atoms with Crippen molar-refractivity contribution in [3.05, 3.63) is 84.1 Å². The van der Waals surface area contributed by atoms with Gasteiger partial charge in [-0.1, -0.05) is 55.7 Å². The first-order chi connectivity index (χ1) is 45.4. The van der Waals surface area contributed by atoms with E-state index < -0.39 is 183 Å². The van der Waals surface area contributed by atoms with Crippen molar-refractivity contribution < 1.29 is 137 Å². The molecule has 0 saturated carbocycles. The van der Waals surface area contributed by atoms with E-state index in [1.807, 2.05) is 24.3 Å². The average Bonchev–Trinajstić information content (AvgIpc) is 1.61. The number of benzene rings is 3. The van der Waals surface area contributed by atoms with E-state index in [1.165, 1.54) is 30.4 Å². The van der Waals surface area contributed by atoms with Crippen molar-refractivity contribution in [1.29, 1.82) is 0 Å². The molecule has 96 heavy (non-hydrogen) atoms. The van der Waals surface area contributed by atoms with E-state index in [2.05, 4.69) is 36.0 Å². The number of aromatic nitrogens is 3. The molecule has 0 spiro atoms. The van der Waals surface area contributed by atoms with Crippen LogP contribution in [0.3, 0.4) is 0 Å². The number of unbranched alkanes of at least 4 members (excludes halogenated alkanes) is 4. The predicted molar refractivity (Wildman–Crippen MR) is 331 cm³/mol. The van der Waals surface area contributed by atoms with E-state index in [4.69, 9.17) is 29.5 Å². The fourth-order valence-electron chi connectivity index (χ4n) is 11.2. The molecule has 15 N–H and O–H groups in total. The third-order valence-corrected chi connectivity index (χ3v) is 17.6. The first-order valence-electron chi connectivity index (χ1n) is 30.3. The van der Waals surface area contributed by atoms with Gasteiger partial charge in [-0.05, 0) is 73.9 Å². The van der Waals surface area contributed by atoms with Crippen molar-refractivity contribution in [2.24, 2.45) is 11.7 Å². The maximum atomic E-state index is 14.7. The SMILES string of the molecule is COCCCCCCCOc1ccc(-c2nn3cc(-c4ccc(C(=O)NC5CC(O)CNC(=O)C6C(O)C(C)CN6C(=O)C(C(O)CC(N)=O)NC(=O)C(C(O)C(O)c6ccc(O)c(OSOO[O-])c6)NC(=O)C6CC(O)CN6C(=O)C(C(C)O)NC5=O)cc4)nc3s2)cc1.[Na+]. The van der Waals surface area contributed by atoms with Gasteiger partial charge in [0.25, 0.3) is 18.2 Å². The van der Waals surface area contributed by atoms with Gasteiger partial charge in [0.2, 0.25) is 46.3 Å². The molecule has 2 aromatic heterocycles. The Balaban J connectivity index is 0.0000130. The van der Waals surface area contributed by atoms with Crippen LogP contribution < -0.4 is 76.1 Å². The molecule has 0 aliphatic carbocycles. The van der Waals surface area contributed by atoms with Crippen molar-refractivity contribution in [3.8, 4) is 39.1 Å². The van der Waals surface area contributed by atoms with Crippen molar-refractivity contribution in [3.63, 3.8) is 0 Å². The second-order valence-corrected chi connectivity index (χ2v) is 24.7. The average molecular weight is 1390 g/mol. The second-order valence-electron chi connectivity index (χ2n) is 23.3. The van der Waals surface area contributed by atoms with Gasteiger partial charge >= 0.3 is 29.6 Å². The summed E-state index contributed by atoms with van der Waals surface area (Å²) < 4.78 is 21.7.